The summed E-state index contributed by atoms with van der Waals surface area (Å²) in [5, 5.41) is 10.8. The number of anilines is 1. The lowest BCUT2D eigenvalue weighted by molar-refractivity contribution is 0.0252. The van der Waals surface area contributed by atoms with Crippen LogP contribution >= 0.6 is 0 Å². The molecule has 3 heterocycles. The predicted octanol–water partition coefficient (Wildman–Crippen LogP) is 1.84. The second kappa shape index (κ2) is 8.49. The SMILES string of the molecule is O=C(Nc1ccc(-n2ccnn2)cc1)N1CCC[C@@H](CN2CCOCC2)C1. The number of benzene rings is 1. The minimum atomic E-state index is -0.0183. The van der Waals surface area contributed by atoms with E-state index in [1.54, 1.807) is 17.1 Å². The number of likely N-dealkylation sites (tertiary alicyclic amines) is 1. The number of hydrogen-bond acceptors (Lipinski definition) is 5. The van der Waals surface area contributed by atoms with E-state index in [-0.39, 0.29) is 6.03 Å². The summed E-state index contributed by atoms with van der Waals surface area (Å²) in [7, 11) is 0. The Kier molecular flexibility index (Phi) is 5.64. The molecule has 0 saturated carbocycles. The summed E-state index contributed by atoms with van der Waals surface area (Å²) in [6.07, 6.45) is 5.68. The van der Waals surface area contributed by atoms with Gasteiger partial charge < -0.3 is 15.0 Å². The van der Waals surface area contributed by atoms with Gasteiger partial charge in [0.05, 0.1) is 31.3 Å². The number of urea groups is 1. The molecule has 2 saturated heterocycles. The fourth-order valence-corrected chi connectivity index (χ4v) is 3.79. The maximum Gasteiger partial charge on any atom is 0.321 e. The summed E-state index contributed by atoms with van der Waals surface area (Å²) >= 11 is 0. The van der Waals surface area contributed by atoms with E-state index in [1.807, 2.05) is 29.2 Å². The van der Waals surface area contributed by atoms with Crippen LogP contribution in [0.25, 0.3) is 5.69 Å². The van der Waals surface area contributed by atoms with Crippen LogP contribution in [0.15, 0.2) is 36.7 Å². The quantitative estimate of drug-likeness (QED) is 0.889. The van der Waals surface area contributed by atoms with Gasteiger partial charge in [0.2, 0.25) is 0 Å². The van der Waals surface area contributed by atoms with Crippen LogP contribution < -0.4 is 5.32 Å². The van der Waals surface area contributed by atoms with Crippen LogP contribution in [-0.4, -0.2) is 76.8 Å². The first-order valence-electron chi connectivity index (χ1n) is 9.61. The van der Waals surface area contributed by atoms with Crippen molar-refractivity contribution in [2.75, 3.05) is 51.3 Å². The van der Waals surface area contributed by atoms with Crippen molar-refractivity contribution in [2.24, 2.45) is 5.92 Å². The van der Waals surface area contributed by atoms with Gasteiger partial charge in [-0.2, -0.15) is 0 Å². The molecule has 2 aliphatic rings. The molecule has 0 aliphatic carbocycles. The Balaban J connectivity index is 1.30. The number of piperidine rings is 1. The minimum Gasteiger partial charge on any atom is -0.379 e. The molecule has 1 aromatic carbocycles. The molecule has 1 aromatic heterocycles. The van der Waals surface area contributed by atoms with E-state index in [1.165, 1.54) is 6.42 Å². The number of rotatable bonds is 4. The standard InChI is InChI=1S/C19H26N6O2/c26-19(21-17-3-5-18(6-4-17)25-9-7-20-22-25)24-8-1-2-16(15-24)14-23-10-12-27-13-11-23/h3-7,9,16H,1-2,8,10-15H2,(H,21,26)/t16-/m0/s1. The predicted molar refractivity (Wildman–Crippen MR) is 102 cm³/mol. The molecule has 0 unspecified atom stereocenters. The van der Waals surface area contributed by atoms with Gasteiger partial charge in [0, 0.05) is 38.4 Å². The minimum absolute atomic E-state index is 0.0183. The van der Waals surface area contributed by atoms with Gasteiger partial charge in [-0.05, 0) is 43.0 Å². The highest BCUT2D eigenvalue weighted by molar-refractivity contribution is 5.89. The van der Waals surface area contributed by atoms with Gasteiger partial charge in [-0.1, -0.05) is 5.21 Å². The van der Waals surface area contributed by atoms with Gasteiger partial charge in [-0.3, -0.25) is 4.90 Å². The summed E-state index contributed by atoms with van der Waals surface area (Å²) in [4.78, 5) is 17.1. The number of amides is 2. The lowest BCUT2D eigenvalue weighted by Crippen LogP contribution is -2.47. The number of hydrogen-bond donors (Lipinski definition) is 1. The molecule has 1 N–H and O–H groups in total. The zero-order valence-corrected chi connectivity index (χ0v) is 15.5. The Hall–Kier alpha value is -2.45. The second-order valence-corrected chi connectivity index (χ2v) is 7.19. The van der Waals surface area contributed by atoms with Crippen molar-refractivity contribution in [3.63, 3.8) is 0 Å². The summed E-state index contributed by atoms with van der Waals surface area (Å²) in [5.74, 6) is 0.539. The van der Waals surface area contributed by atoms with Gasteiger partial charge in [0.25, 0.3) is 0 Å². The van der Waals surface area contributed by atoms with Crippen LogP contribution in [0.5, 0.6) is 0 Å². The number of carbonyl (C=O) groups is 1. The van der Waals surface area contributed by atoms with E-state index in [0.717, 1.165) is 63.7 Å². The maximum atomic E-state index is 12.7. The highest BCUT2D eigenvalue weighted by Crippen LogP contribution is 2.20. The highest BCUT2D eigenvalue weighted by Gasteiger charge is 2.25. The normalized spacial score (nSPS) is 21.2. The molecule has 0 bridgehead atoms. The fourth-order valence-electron chi connectivity index (χ4n) is 3.79. The first kappa shape index (κ1) is 17.9. The molecule has 2 aromatic rings. The van der Waals surface area contributed by atoms with Crippen molar-refractivity contribution in [1.29, 1.82) is 0 Å². The average molecular weight is 370 g/mol. The third kappa shape index (κ3) is 4.64. The molecule has 27 heavy (non-hydrogen) atoms. The lowest BCUT2D eigenvalue weighted by atomic mass is 9.97. The molecule has 1 atom stereocenters. The Morgan fingerprint density at radius 2 is 2.00 bits per heavy atom. The molecule has 0 radical (unpaired) electrons. The maximum absolute atomic E-state index is 12.7. The Bertz CT molecular complexity index is 727. The topological polar surface area (TPSA) is 75.5 Å². The van der Waals surface area contributed by atoms with Crippen LogP contribution in [0.4, 0.5) is 10.5 Å². The van der Waals surface area contributed by atoms with E-state index in [4.69, 9.17) is 4.74 Å². The van der Waals surface area contributed by atoms with E-state index in [9.17, 15) is 4.79 Å². The molecule has 4 rings (SSSR count). The van der Waals surface area contributed by atoms with Gasteiger partial charge >= 0.3 is 6.03 Å². The second-order valence-electron chi connectivity index (χ2n) is 7.19. The molecule has 144 valence electrons. The van der Waals surface area contributed by atoms with Crippen molar-refractivity contribution >= 4 is 11.7 Å². The van der Waals surface area contributed by atoms with Gasteiger partial charge in [0.1, 0.15) is 0 Å². The Labute approximate surface area is 159 Å². The largest absolute Gasteiger partial charge is 0.379 e. The molecule has 8 nitrogen and oxygen atoms in total. The number of carbonyl (C=O) groups excluding carboxylic acids is 1. The number of aromatic nitrogens is 3. The molecule has 0 spiro atoms. The van der Waals surface area contributed by atoms with Crippen molar-refractivity contribution in [3.8, 4) is 5.69 Å². The van der Waals surface area contributed by atoms with E-state index in [0.29, 0.717) is 5.92 Å². The van der Waals surface area contributed by atoms with E-state index in [2.05, 4.69) is 20.5 Å². The lowest BCUT2D eigenvalue weighted by Gasteiger charge is -2.36. The van der Waals surface area contributed by atoms with E-state index < -0.39 is 0 Å². The van der Waals surface area contributed by atoms with Crippen LogP contribution in [0.1, 0.15) is 12.8 Å². The first-order valence-corrected chi connectivity index (χ1v) is 9.61. The summed E-state index contributed by atoms with van der Waals surface area (Å²) in [6, 6.07) is 7.60. The van der Waals surface area contributed by atoms with Crippen molar-refractivity contribution in [2.45, 2.75) is 12.8 Å². The fraction of sp³-hybridized carbons (Fsp3) is 0.526. The third-order valence-corrected chi connectivity index (χ3v) is 5.23. The van der Waals surface area contributed by atoms with Crippen LogP contribution in [0.3, 0.4) is 0 Å². The summed E-state index contributed by atoms with van der Waals surface area (Å²) < 4.78 is 7.11. The van der Waals surface area contributed by atoms with Crippen molar-refractivity contribution < 1.29 is 9.53 Å². The Morgan fingerprint density at radius 3 is 2.74 bits per heavy atom. The van der Waals surface area contributed by atoms with Crippen molar-refractivity contribution in [1.82, 2.24) is 24.8 Å². The number of nitrogens with one attached hydrogen (secondary N) is 1. The molecular weight excluding hydrogens is 344 g/mol. The third-order valence-electron chi connectivity index (χ3n) is 5.23. The summed E-state index contributed by atoms with van der Waals surface area (Å²) in [5.41, 5.74) is 1.70. The molecule has 2 fully saturated rings. The number of morpholine rings is 1. The van der Waals surface area contributed by atoms with Crippen LogP contribution in [-0.2, 0) is 4.74 Å². The molecular formula is C19H26N6O2. The van der Waals surface area contributed by atoms with E-state index >= 15 is 0 Å². The molecule has 2 aliphatic heterocycles. The smallest absolute Gasteiger partial charge is 0.321 e. The summed E-state index contributed by atoms with van der Waals surface area (Å²) in [6.45, 7) is 6.34. The molecule has 2 amide bonds. The van der Waals surface area contributed by atoms with Gasteiger partial charge in [0.15, 0.2) is 0 Å². The zero-order valence-electron chi connectivity index (χ0n) is 15.5. The zero-order chi connectivity index (χ0) is 18.5. The van der Waals surface area contributed by atoms with Crippen LogP contribution in [0, 0.1) is 5.92 Å². The van der Waals surface area contributed by atoms with Gasteiger partial charge in [-0.15, -0.1) is 5.10 Å². The number of ether oxygens (including phenoxy) is 1. The molecule has 8 heteroatoms. The monoisotopic (exact) mass is 370 g/mol. The Morgan fingerprint density at radius 1 is 1.19 bits per heavy atom. The number of nitrogens with zero attached hydrogens (tertiary/aromatic N) is 5. The van der Waals surface area contributed by atoms with Crippen molar-refractivity contribution in [3.05, 3.63) is 36.7 Å². The first-order chi connectivity index (χ1) is 13.3. The van der Waals surface area contributed by atoms with Gasteiger partial charge in [-0.25, -0.2) is 9.48 Å². The average Bonchev–Trinajstić information content (AvgIpc) is 3.24. The van der Waals surface area contributed by atoms with Crippen LogP contribution in [0.2, 0.25) is 0 Å². The highest BCUT2D eigenvalue weighted by atomic mass is 16.5.